The van der Waals surface area contributed by atoms with Crippen molar-refractivity contribution in [1.29, 1.82) is 0 Å². The first kappa shape index (κ1) is 21.7. The highest BCUT2D eigenvalue weighted by Crippen LogP contribution is 2.35. The molecule has 3 amide bonds. The van der Waals surface area contributed by atoms with E-state index in [0.29, 0.717) is 35.6 Å². The molecule has 166 valence electrons. The number of hydrogen-bond acceptors (Lipinski definition) is 6. The van der Waals surface area contributed by atoms with E-state index in [1.807, 2.05) is 4.90 Å². The molecule has 1 aromatic carbocycles. The minimum absolute atomic E-state index is 0.0490. The number of likely N-dealkylation sites (tertiary alicyclic amines) is 1. The summed E-state index contributed by atoms with van der Waals surface area (Å²) in [5.74, 6) is -0.792. The number of carbonyl (C=O) groups excluding carboxylic acids is 3. The zero-order valence-corrected chi connectivity index (χ0v) is 18.0. The van der Waals surface area contributed by atoms with Gasteiger partial charge in [-0.05, 0) is 54.2 Å². The molecule has 32 heavy (non-hydrogen) atoms. The topological polar surface area (TPSA) is 103 Å². The molecule has 2 aliphatic rings. The van der Waals surface area contributed by atoms with E-state index in [0.717, 1.165) is 18.4 Å². The average Bonchev–Trinajstić information content (AvgIpc) is 3.05. The van der Waals surface area contributed by atoms with E-state index in [4.69, 9.17) is 0 Å². The molecule has 1 unspecified atom stereocenters. The Morgan fingerprint density at radius 1 is 1.12 bits per heavy atom. The number of aromatic nitrogens is 1. The lowest BCUT2D eigenvalue weighted by atomic mass is 9.97. The lowest BCUT2D eigenvalue weighted by molar-refractivity contribution is -0.138. The van der Waals surface area contributed by atoms with E-state index in [-0.39, 0.29) is 36.8 Å². The van der Waals surface area contributed by atoms with E-state index in [1.54, 1.807) is 48.8 Å². The molecule has 2 aliphatic heterocycles. The number of carbonyl (C=O) groups is 3. The molecule has 8 heteroatoms. The zero-order valence-electron chi connectivity index (χ0n) is 18.0. The van der Waals surface area contributed by atoms with Crippen molar-refractivity contribution in [1.82, 2.24) is 14.8 Å². The Morgan fingerprint density at radius 2 is 1.84 bits per heavy atom. The smallest absolute Gasteiger partial charge is 0.278 e. The molecule has 2 N–H and O–H groups in total. The Balaban J connectivity index is 1.71. The normalized spacial score (nSPS) is 19.0. The quantitative estimate of drug-likeness (QED) is 0.675. The highest BCUT2D eigenvalue weighted by molar-refractivity contribution is 6.35. The monoisotopic (exact) mass is 434 g/mol. The fourth-order valence-corrected chi connectivity index (χ4v) is 4.27. The van der Waals surface area contributed by atoms with Crippen LogP contribution in [-0.4, -0.2) is 57.3 Å². The summed E-state index contributed by atoms with van der Waals surface area (Å²) in [6, 6.07) is 10.5. The van der Waals surface area contributed by atoms with Gasteiger partial charge < -0.3 is 15.3 Å². The minimum atomic E-state index is -0.347. The van der Waals surface area contributed by atoms with Crippen LogP contribution in [0.15, 0.2) is 54.5 Å². The second kappa shape index (κ2) is 9.32. The molecule has 4 rings (SSSR count). The first-order chi connectivity index (χ1) is 15.5. The van der Waals surface area contributed by atoms with Crippen molar-refractivity contribution in [2.24, 2.45) is 5.92 Å². The zero-order chi connectivity index (χ0) is 22.7. The first-order valence-corrected chi connectivity index (χ1v) is 10.7. The van der Waals surface area contributed by atoms with Crippen LogP contribution in [0.4, 0.5) is 5.69 Å². The molecule has 0 saturated carbocycles. The van der Waals surface area contributed by atoms with Gasteiger partial charge in [0.05, 0.1) is 12.1 Å². The van der Waals surface area contributed by atoms with Crippen LogP contribution in [0.25, 0.3) is 5.57 Å². The van der Waals surface area contributed by atoms with E-state index < -0.39 is 0 Å². The van der Waals surface area contributed by atoms with Gasteiger partial charge in [-0.2, -0.15) is 0 Å². The van der Waals surface area contributed by atoms with Gasteiger partial charge >= 0.3 is 0 Å². The Morgan fingerprint density at radius 3 is 2.50 bits per heavy atom. The van der Waals surface area contributed by atoms with Crippen molar-refractivity contribution in [3.05, 3.63) is 65.6 Å². The molecule has 0 bridgehead atoms. The predicted octanol–water partition coefficient (Wildman–Crippen LogP) is 2.02. The lowest BCUT2D eigenvalue weighted by Crippen LogP contribution is -2.40. The standard InChI is InChI=1S/C24H26N4O4/c1-16(30)26-20-6-4-19(5-7-20)21-22(27-12-2-3-18(13-27)15-29)24(32)28(23(21)31)14-17-8-10-25-11-9-17/h4-11,18,29H,2-3,12-15H2,1H3,(H,26,30). The molecule has 0 aliphatic carbocycles. The van der Waals surface area contributed by atoms with Crippen LogP contribution >= 0.6 is 0 Å². The summed E-state index contributed by atoms with van der Waals surface area (Å²) in [6.45, 7) is 2.82. The van der Waals surface area contributed by atoms with Crippen LogP contribution in [0.3, 0.4) is 0 Å². The second-order valence-electron chi connectivity index (χ2n) is 8.17. The summed E-state index contributed by atoms with van der Waals surface area (Å²) in [4.78, 5) is 45.5. The molecule has 0 spiro atoms. The maximum absolute atomic E-state index is 13.5. The van der Waals surface area contributed by atoms with Gasteiger partial charge in [0.25, 0.3) is 11.8 Å². The SMILES string of the molecule is CC(=O)Nc1ccc(C2=C(N3CCCC(CO)C3)C(=O)N(Cc3ccncc3)C2=O)cc1. The van der Waals surface area contributed by atoms with Crippen LogP contribution in [0, 0.1) is 5.92 Å². The van der Waals surface area contributed by atoms with Gasteiger partial charge in [-0.3, -0.25) is 24.3 Å². The number of hydrogen-bond donors (Lipinski definition) is 2. The molecular weight excluding hydrogens is 408 g/mol. The molecule has 1 atom stereocenters. The van der Waals surface area contributed by atoms with Crippen molar-refractivity contribution < 1.29 is 19.5 Å². The lowest BCUT2D eigenvalue weighted by Gasteiger charge is -2.34. The molecule has 8 nitrogen and oxygen atoms in total. The number of nitrogens with zero attached hydrogens (tertiary/aromatic N) is 3. The minimum Gasteiger partial charge on any atom is -0.396 e. The maximum Gasteiger partial charge on any atom is 0.278 e. The van der Waals surface area contributed by atoms with Crippen molar-refractivity contribution in [3.8, 4) is 0 Å². The van der Waals surface area contributed by atoms with Gasteiger partial charge in [-0.1, -0.05) is 12.1 Å². The Hall–Kier alpha value is -3.52. The summed E-state index contributed by atoms with van der Waals surface area (Å²) >= 11 is 0. The van der Waals surface area contributed by atoms with Crippen molar-refractivity contribution >= 4 is 29.0 Å². The first-order valence-electron chi connectivity index (χ1n) is 10.7. The van der Waals surface area contributed by atoms with Crippen LogP contribution < -0.4 is 5.32 Å². The highest BCUT2D eigenvalue weighted by atomic mass is 16.3. The summed E-state index contributed by atoms with van der Waals surface area (Å²) in [5, 5.41) is 12.4. The highest BCUT2D eigenvalue weighted by Gasteiger charge is 2.42. The number of imide groups is 1. The summed E-state index contributed by atoms with van der Waals surface area (Å²) in [6.07, 6.45) is 5.00. The van der Waals surface area contributed by atoms with Gasteiger partial charge in [0.2, 0.25) is 5.91 Å². The number of rotatable bonds is 6. The van der Waals surface area contributed by atoms with E-state index in [9.17, 15) is 19.5 Å². The van der Waals surface area contributed by atoms with Crippen LogP contribution in [-0.2, 0) is 20.9 Å². The summed E-state index contributed by atoms with van der Waals surface area (Å²) in [7, 11) is 0. The average molecular weight is 434 g/mol. The largest absolute Gasteiger partial charge is 0.396 e. The molecule has 3 heterocycles. The van der Waals surface area contributed by atoms with Gasteiger partial charge in [-0.25, -0.2) is 0 Å². The van der Waals surface area contributed by atoms with E-state index >= 15 is 0 Å². The molecule has 0 radical (unpaired) electrons. The van der Waals surface area contributed by atoms with Crippen LogP contribution in [0.1, 0.15) is 30.9 Å². The fourth-order valence-electron chi connectivity index (χ4n) is 4.27. The second-order valence-corrected chi connectivity index (χ2v) is 8.17. The summed E-state index contributed by atoms with van der Waals surface area (Å²) < 4.78 is 0. The number of nitrogens with one attached hydrogen (secondary N) is 1. The van der Waals surface area contributed by atoms with E-state index in [1.165, 1.54) is 11.8 Å². The number of benzene rings is 1. The number of pyridine rings is 1. The van der Waals surface area contributed by atoms with E-state index in [2.05, 4.69) is 10.3 Å². The van der Waals surface area contributed by atoms with Crippen molar-refractivity contribution in [2.45, 2.75) is 26.3 Å². The van der Waals surface area contributed by atoms with Gasteiger partial charge in [-0.15, -0.1) is 0 Å². The predicted molar refractivity (Wildman–Crippen MR) is 119 cm³/mol. The van der Waals surface area contributed by atoms with Crippen LogP contribution in [0.2, 0.25) is 0 Å². The number of amides is 3. The van der Waals surface area contributed by atoms with Gasteiger partial charge in [0.15, 0.2) is 0 Å². The van der Waals surface area contributed by atoms with Crippen molar-refractivity contribution in [2.75, 3.05) is 25.0 Å². The van der Waals surface area contributed by atoms with Crippen LogP contribution in [0.5, 0.6) is 0 Å². The molecule has 2 aromatic rings. The van der Waals surface area contributed by atoms with Crippen molar-refractivity contribution in [3.63, 3.8) is 0 Å². The molecule has 1 saturated heterocycles. The number of piperidine rings is 1. The molecular formula is C24H26N4O4. The fraction of sp³-hybridized carbons (Fsp3) is 0.333. The summed E-state index contributed by atoms with van der Waals surface area (Å²) in [5.41, 5.74) is 2.80. The Labute approximate surface area is 186 Å². The number of aliphatic hydroxyl groups excluding tert-OH is 1. The third-order valence-electron chi connectivity index (χ3n) is 5.82. The Bertz CT molecular complexity index is 1050. The number of anilines is 1. The molecule has 1 fully saturated rings. The van der Waals surface area contributed by atoms with Gasteiger partial charge in [0, 0.05) is 44.7 Å². The molecule has 1 aromatic heterocycles. The third kappa shape index (κ3) is 4.40. The Kier molecular flexibility index (Phi) is 6.32. The number of aliphatic hydroxyl groups is 1. The third-order valence-corrected chi connectivity index (χ3v) is 5.82. The van der Waals surface area contributed by atoms with Gasteiger partial charge in [0.1, 0.15) is 5.70 Å². The maximum atomic E-state index is 13.5.